The third-order valence-electron chi connectivity index (χ3n) is 3.14. The van der Waals surface area contributed by atoms with Crippen LogP contribution in [0.15, 0.2) is 0 Å². The van der Waals surface area contributed by atoms with Gasteiger partial charge in [-0.15, -0.1) is 0 Å². The summed E-state index contributed by atoms with van der Waals surface area (Å²) in [6.07, 6.45) is 3.23. The maximum Gasteiger partial charge on any atom is 0.302 e. The van der Waals surface area contributed by atoms with Crippen LogP contribution in [-0.4, -0.2) is 42.3 Å². The first kappa shape index (κ1) is 16.4. The van der Waals surface area contributed by atoms with E-state index in [1.807, 2.05) is 6.92 Å². The van der Waals surface area contributed by atoms with Crippen molar-refractivity contribution < 1.29 is 24.1 Å². The number of hydrogen-bond donors (Lipinski definition) is 1. The summed E-state index contributed by atoms with van der Waals surface area (Å²) in [6, 6.07) is 0. The van der Waals surface area contributed by atoms with Crippen LogP contribution < -0.4 is 0 Å². The summed E-state index contributed by atoms with van der Waals surface area (Å²) in [5, 5.41) is 9.90. The first-order valence-corrected chi connectivity index (χ1v) is 7.13. The summed E-state index contributed by atoms with van der Waals surface area (Å²) in [5.41, 5.74) is 0. The first-order valence-electron chi connectivity index (χ1n) is 7.13. The van der Waals surface area contributed by atoms with Gasteiger partial charge in [-0.2, -0.15) is 0 Å². The van der Waals surface area contributed by atoms with Crippen LogP contribution >= 0.6 is 0 Å². The minimum absolute atomic E-state index is 0.0210. The fraction of sp³-hybridized carbons (Fsp3) is 0.929. The van der Waals surface area contributed by atoms with Crippen LogP contribution in [0.5, 0.6) is 0 Å². The molecule has 0 spiro atoms. The molecule has 1 rings (SSSR count). The lowest BCUT2D eigenvalue weighted by molar-refractivity contribution is -0.245. The van der Waals surface area contributed by atoms with Gasteiger partial charge in [0, 0.05) is 13.3 Å². The van der Waals surface area contributed by atoms with E-state index in [0.29, 0.717) is 12.8 Å². The van der Waals surface area contributed by atoms with Crippen LogP contribution in [0.25, 0.3) is 0 Å². The van der Waals surface area contributed by atoms with Crippen LogP contribution in [0, 0.1) is 0 Å². The van der Waals surface area contributed by atoms with E-state index in [2.05, 4.69) is 6.92 Å². The lowest BCUT2D eigenvalue weighted by Crippen LogP contribution is -2.38. The number of esters is 1. The molecule has 1 saturated heterocycles. The Kier molecular flexibility index (Phi) is 7.34. The molecular formula is C14H26O5. The normalized spacial score (nSPS) is 28.9. The summed E-state index contributed by atoms with van der Waals surface area (Å²) >= 11 is 0. The highest BCUT2D eigenvalue weighted by Gasteiger charge is 2.28. The molecule has 19 heavy (non-hydrogen) atoms. The number of carbonyl (C=O) groups is 1. The minimum Gasteiger partial charge on any atom is -0.466 e. The zero-order chi connectivity index (χ0) is 14.3. The van der Waals surface area contributed by atoms with Crippen molar-refractivity contribution in [3.63, 3.8) is 0 Å². The number of hydrogen-bond acceptors (Lipinski definition) is 5. The summed E-state index contributed by atoms with van der Waals surface area (Å²) in [7, 11) is 0. The monoisotopic (exact) mass is 274 g/mol. The molecule has 0 aromatic rings. The molecule has 1 fully saturated rings. The highest BCUT2D eigenvalue weighted by atomic mass is 16.7. The van der Waals surface area contributed by atoms with Crippen LogP contribution in [-0.2, 0) is 19.0 Å². The van der Waals surface area contributed by atoms with Crippen molar-refractivity contribution in [1.82, 2.24) is 0 Å². The second-order valence-corrected chi connectivity index (χ2v) is 5.18. The maximum atomic E-state index is 10.6. The van der Waals surface area contributed by atoms with Crippen molar-refractivity contribution in [3.8, 4) is 0 Å². The number of aliphatic hydroxyl groups is 1. The summed E-state index contributed by atoms with van der Waals surface area (Å²) in [4.78, 5) is 10.6. The van der Waals surface area contributed by atoms with Crippen molar-refractivity contribution in [1.29, 1.82) is 0 Å². The average molecular weight is 274 g/mol. The third-order valence-corrected chi connectivity index (χ3v) is 3.14. The molecule has 0 aromatic heterocycles. The Morgan fingerprint density at radius 3 is 2.84 bits per heavy atom. The SMILES string of the molecule is CCCC1OC(C)CC(CC(O)CCOC(C)=O)O1. The Morgan fingerprint density at radius 2 is 2.21 bits per heavy atom. The van der Waals surface area contributed by atoms with Crippen molar-refractivity contribution in [2.24, 2.45) is 0 Å². The van der Waals surface area contributed by atoms with Gasteiger partial charge < -0.3 is 19.3 Å². The molecular weight excluding hydrogens is 248 g/mol. The molecule has 0 radical (unpaired) electrons. The van der Waals surface area contributed by atoms with Crippen LogP contribution in [0.1, 0.15) is 52.9 Å². The van der Waals surface area contributed by atoms with Crippen LogP contribution in [0.3, 0.4) is 0 Å². The first-order chi connectivity index (χ1) is 9.01. The van der Waals surface area contributed by atoms with Gasteiger partial charge in [0.15, 0.2) is 6.29 Å². The predicted octanol–water partition coefficient (Wildman–Crippen LogP) is 2.01. The van der Waals surface area contributed by atoms with Crippen molar-refractivity contribution in [2.45, 2.75) is 77.5 Å². The van der Waals surface area contributed by atoms with E-state index in [1.165, 1.54) is 6.92 Å². The molecule has 4 unspecified atom stereocenters. The number of rotatable bonds is 7. The molecule has 0 bridgehead atoms. The Bertz CT molecular complexity index is 269. The second-order valence-electron chi connectivity index (χ2n) is 5.18. The predicted molar refractivity (Wildman–Crippen MR) is 70.6 cm³/mol. The Morgan fingerprint density at radius 1 is 1.47 bits per heavy atom. The summed E-state index contributed by atoms with van der Waals surface area (Å²) < 4.78 is 16.3. The minimum atomic E-state index is -0.503. The fourth-order valence-electron chi connectivity index (χ4n) is 2.27. The molecule has 1 aliphatic rings. The van der Waals surface area contributed by atoms with Gasteiger partial charge in [0.05, 0.1) is 24.9 Å². The number of ether oxygens (including phenoxy) is 3. The van der Waals surface area contributed by atoms with E-state index in [-0.39, 0.29) is 31.1 Å². The quantitative estimate of drug-likeness (QED) is 0.719. The highest BCUT2D eigenvalue weighted by molar-refractivity contribution is 5.65. The van der Waals surface area contributed by atoms with Crippen molar-refractivity contribution in [2.75, 3.05) is 6.61 Å². The molecule has 0 saturated carbocycles. The topological polar surface area (TPSA) is 65.0 Å². The fourth-order valence-corrected chi connectivity index (χ4v) is 2.27. The molecule has 0 aromatic carbocycles. The molecule has 0 aliphatic carbocycles. The molecule has 1 heterocycles. The van der Waals surface area contributed by atoms with Crippen LogP contribution in [0.2, 0.25) is 0 Å². The van der Waals surface area contributed by atoms with Gasteiger partial charge in [-0.05, 0) is 26.2 Å². The summed E-state index contributed by atoms with van der Waals surface area (Å²) in [6.45, 7) is 5.75. The second kappa shape index (κ2) is 8.51. The number of carbonyl (C=O) groups excluding carboxylic acids is 1. The zero-order valence-electron chi connectivity index (χ0n) is 12.1. The maximum absolute atomic E-state index is 10.6. The molecule has 5 nitrogen and oxygen atoms in total. The van der Waals surface area contributed by atoms with E-state index in [9.17, 15) is 9.90 Å². The van der Waals surface area contributed by atoms with Gasteiger partial charge in [0.2, 0.25) is 0 Å². The molecule has 1 aliphatic heterocycles. The van der Waals surface area contributed by atoms with E-state index >= 15 is 0 Å². The lowest BCUT2D eigenvalue weighted by Gasteiger charge is -2.35. The zero-order valence-corrected chi connectivity index (χ0v) is 12.1. The lowest BCUT2D eigenvalue weighted by atomic mass is 10.0. The third kappa shape index (κ3) is 6.89. The van der Waals surface area contributed by atoms with Crippen LogP contribution in [0.4, 0.5) is 0 Å². The Labute approximate surface area is 115 Å². The molecule has 5 heteroatoms. The van der Waals surface area contributed by atoms with E-state index in [4.69, 9.17) is 14.2 Å². The van der Waals surface area contributed by atoms with Crippen molar-refractivity contribution in [3.05, 3.63) is 0 Å². The Hall–Kier alpha value is -0.650. The standard InChI is InChI=1S/C14H26O5/c1-4-5-14-18-10(2)8-13(19-14)9-12(16)6-7-17-11(3)15/h10,12-14,16H,4-9H2,1-3H3. The highest BCUT2D eigenvalue weighted by Crippen LogP contribution is 2.24. The van der Waals surface area contributed by atoms with Gasteiger partial charge in [0.25, 0.3) is 0 Å². The number of aliphatic hydroxyl groups excluding tert-OH is 1. The van der Waals surface area contributed by atoms with Gasteiger partial charge >= 0.3 is 5.97 Å². The van der Waals surface area contributed by atoms with Gasteiger partial charge in [-0.3, -0.25) is 4.79 Å². The van der Waals surface area contributed by atoms with Gasteiger partial charge in [-0.1, -0.05) is 13.3 Å². The van der Waals surface area contributed by atoms with E-state index in [0.717, 1.165) is 19.3 Å². The molecule has 4 atom stereocenters. The largest absolute Gasteiger partial charge is 0.466 e. The average Bonchev–Trinajstić information content (AvgIpc) is 2.27. The Balaban J connectivity index is 2.27. The summed E-state index contributed by atoms with van der Waals surface area (Å²) in [5.74, 6) is -0.314. The van der Waals surface area contributed by atoms with Gasteiger partial charge in [0.1, 0.15) is 0 Å². The molecule has 112 valence electrons. The molecule has 1 N–H and O–H groups in total. The molecule has 0 amide bonds. The van der Waals surface area contributed by atoms with E-state index in [1.54, 1.807) is 0 Å². The van der Waals surface area contributed by atoms with E-state index < -0.39 is 6.10 Å². The van der Waals surface area contributed by atoms with Gasteiger partial charge in [-0.25, -0.2) is 0 Å². The van der Waals surface area contributed by atoms with Crippen molar-refractivity contribution >= 4 is 5.97 Å². The smallest absolute Gasteiger partial charge is 0.302 e.